The van der Waals surface area contributed by atoms with Crippen LogP contribution in [0, 0.1) is 11.3 Å². The van der Waals surface area contributed by atoms with E-state index in [1.807, 2.05) is 36.1 Å². The number of carbonyl (C=O) groups is 1. The van der Waals surface area contributed by atoms with Crippen molar-refractivity contribution in [2.45, 2.75) is 26.3 Å². The number of nitrogens with zero attached hydrogens (tertiary/aromatic N) is 2. The topological polar surface area (TPSA) is 44.1 Å². The van der Waals surface area contributed by atoms with Crippen LogP contribution in [0.4, 0.5) is 0 Å². The predicted octanol–water partition coefficient (Wildman–Crippen LogP) is 4.93. The van der Waals surface area contributed by atoms with E-state index in [0.717, 1.165) is 16.5 Å². The highest BCUT2D eigenvalue weighted by molar-refractivity contribution is 9.10. The maximum atomic E-state index is 12.9. The van der Waals surface area contributed by atoms with Gasteiger partial charge in [0.1, 0.15) is 0 Å². The third-order valence-electron chi connectivity index (χ3n) is 3.81. The maximum Gasteiger partial charge on any atom is 0.254 e. The SMILES string of the molecule is CCCN(C(=O)c1ccc(C#N)cc1)C(C)c1ccccc1Br. The molecule has 0 bridgehead atoms. The molecule has 0 saturated heterocycles. The molecule has 1 amide bonds. The number of carbonyl (C=O) groups excluding carboxylic acids is 1. The number of halogens is 1. The molecule has 0 heterocycles. The minimum Gasteiger partial charge on any atom is -0.332 e. The molecule has 2 rings (SSSR count). The first-order valence-electron chi connectivity index (χ1n) is 7.64. The Hall–Kier alpha value is -2.12. The molecule has 0 aliphatic rings. The third kappa shape index (κ3) is 4.00. The van der Waals surface area contributed by atoms with Gasteiger partial charge in [0, 0.05) is 16.6 Å². The number of nitriles is 1. The molecule has 23 heavy (non-hydrogen) atoms. The predicted molar refractivity (Wildman–Crippen MR) is 95.0 cm³/mol. The van der Waals surface area contributed by atoms with Crippen molar-refractivity contribution >= 4 is 21.8 Å². The first kappa shape index (κ1) is 17.2. The number of hydrogen-bond donors (Lipinski definition) is 0. The van der Waals surface area contributed by atoms with E-state index in [9.17, 15) is 4.79 Å². The number of amides is 1. The Morgan fingerprint density at radius 2 is 1.87 bits per heavy atom. The molecule has 0 radical (unpaired) electrons. The molecule has 0 spiro atoms. The van der Waals surface area contributed by atoms with Crippen LogP contribution >= 0.6 is 15.9 Å². The minimum absolute atomic E-state index is 0.0143. The zero-order valence-corrected chi connectivity index (χ0v) is 14.9. The second-order valence-corrected chi connectivity index (χ2v) is 6.24. The fourth-order valence-corrected chi connectivity index (χ4v) is 3.16. The average molecular weight is 371 g/mol. The maximum absolute atomic E-state index is 12.9. The lowest BCUT2D eigenvalue weighted by molar-refractivity contribution is 0.0690. The number of rotatable bonds is 5. The van der Waals surface area contributed by atoms with Crippen molar-refractivity contribution in [1.29, 1.82) is 5.26 Å². The van der Waals surface area contributed by atoms with Crippen molar-refractivity contribution in [2.24, 2.45) is 0 Å². The van der Waals surface area contributed by atoms with Crippen LogP contribution in [0.5, 0.6) is 0 Å². The van der Waals surface area contributed by atoms with Gasteiger partial charge in [0.05, 0.1) is 17.7 Å². The highest BCUT2D eigenvalue weighted by atomic mass is 79.9. The Labute approximate surface area is 145 Å². The monoisotopic (exact) mass is 370 g/mol. The van der Waals surface area contributed by atoms with Crippen molar-refractivity contribution in [3.63, 3.8) is 0 Å². The fourth-order valence-electron chi connectivity index (χ4n) is 2.55. The highest BCUT2D eigenvalue weighted by Gasteiger charge is 2.23. The van der Waals surface area contributed by atoms with Gasteiger partial charge in [-0.3, -0.25) is 4.79 Å². The Morgan fingerprint density at radius 3 is 2.43 bits per heavy atom. The van der Waals surface area contributed by atoms with E-state index < -0.39 is 0 Å². The van der Waals surface area contributed by atoms with Gasteiger partial charge in [0.15, 0.2) is 0 Å². The van der Waals surface area contributed by atoms with Crippen molar-refractivity contribution in [2.75, 3.05) is 6.54 Å². The summed E-state index contributed by atoms with van der Waals surface area (Å²) in [4.78, 5) is 14.8. The number of hydrogen-bond acceptors (Lipinski definition) is 2. The summed E-state index contributed by atoms with van der Waals surface area (Å²) in [5, 5.41) is 8.88. The van der Waals surface area contributed by atoms with Crippen molar-refractivity contribution < 1.29 is 4.79 Å². The van der Waals surface area contributed by atoms with Crippen LogP contribution in [0.1, 0.15) is 47.8 Å². The Morgan fingerprint density at radius 1 is 1.22 bits per heavy atom. The van der Waals surface area contributed by atoms with Gasteiger partial charge in [0.2, 0.25) is 0 Å². The molecule has 0 saturated carbocycles. The molecule has 4 heteroatoms. The van der Waals surface area contributed by atoms with Crippen LogP contribution in [0.15, 0.2) is 53.0 Å². The van der Waals surface area contributed by atoms with E-state index in [4.69, 9.17) is 5.26 Å². The average Bonchev–Trinajstić information content (AvgIpc) is 2.59. The summed E-state index contributed by atoms with van der Waals surface area (Å²) >= 11 is 3.57. The largest absolute Gasteiger partial charge is 0.332 e. The van der Waals surface area contributed by atoms with Gasteiger partial charge in [-0.25, -0.2) is 0 Å². The number of benzene rings is 2. The highest BCUT2D eigenvalue weighted by Crippen LogP contribution is 2.28. The fraction of sp³-hybridized carbons (Fsp3) is 0.263. The summed E-state index contributed by atoms with van der Waals surface area (Å²) in [5.41, 5.74) is 2.25. The quantitative estimate of drug-likeness (QED) is 0.748. The molecule has 0 aliphatic heterocycles. The third-order valence-corrected chi connectivity index (χ3v) is 4.53. The van der Waals surface area contributed by atoms with Crippen molar-refractivity contribution in [3.8, 4) is 6.07 Å². The molecule has 0 aliphatic carbocycles. The van der Waals surface area contributed by atoms with E-state index in [-0.39, 0.29) is 11.9 Å². The molecule has 1 unspecified atom stereocenters. The summed E-state index contributed by atoms with van der Waals surface area (Å²) < 4.78 is 1.00. The molecule has 118 valence electrons. The summed E-state index contributed by atoms with van der Waals surface area (Å²) in [5.74, 6) is -0.0143. The lowest BCUT2D eigenvalue weighted by Crippen LogP contribution is -2.34. The molecule has 0 N–H and O–H groups in total. The summed E-state index contributed by atoms with van der Waals surface area (Å²) in [7, 11) is 0. The van der Waals surface area contributed by atoms with Gasteiger partial charge in [-0.15, -0.1) is 0 Å². The van der Waals surface area contributed by atoms with E-state index in [0.29, 0.717) is 17.7 Å². The summed E-state index contributed by atoms with van der Waals surface area (Å²) in [6, 6.07) is 16.8. The zero-order valence-electron chi connectivity index (χ0n) is 13.3. The molecule has 0 fully saturated rings. The van der Waals surface area contributed by atoms with E-state index in [1.54, 1.807) is 24.3 Å². The summed E-state index contributed by atoms with van der Waals surface area (Å²) in [6.07, 6.45) is 0.886. The summed E-state index contributed by atoms with van der Waals surface area (Å²) in [6.45, 7) is 4.78. The van der Waals surface area contributed by atoms with Crippen molar-refractivity contribution in [1.82, 2.24) is 4.90 Å². The first-order chi connectivity index (χ1) is 11.1. The minimum atomic E-state index is -0.0336. The van der Waals surface area contributed by atoms with Gasteiger partial charge >= 0.3 is 0 Å². The van der Waals surface area contributed by atoms with Crippen LogP contribution in [-0.2, 0) is 0 Å². The van der Waals surface area contributed by atoms with Crippen LogP contribution in [0.3, 0.4) is 0 Å². The second-order valence-electron chi connectivity index (χ2n) is 5.39. The standard InChI is InChI=1S/C19H19BrN2O/c1-3-12-22(14(2)17-6-4-5-7-18(17)20)19(23)16-10-8-15(13-21)9-11-16/h4-11,14H,3,12H2,1-2H3. The van der Waals surface area contributed by atoms with Crippen LogP contribution in [0.25, 0.3) is 0 Å². The van der Waals surface area contributed by atoms with Crippen molar-refractivity contribution in [3.05, 3.63) is 69.7 Å². The lowest BCUT2D eigenvalue weighted by Gasteiger charge is -2.30. The lowest BCUT2D eigenvalue weighted by atomic mass is 10.0. The van der Waals surface area contributed by atoms with Gasteiger partial charge in [-0.1, -0.05) is 41.1 Å². The molecular formula is C19H19BrN2O. The zero-order chi connectivity index (χ0) is 16.8. The van der Waals surface area contributed by atoms with E-state index in [2.05, 4.69) is 28.9 Å². The second kappa shape index (κ2) is 7.94. The van der Waals surface area contributed by atoms with Gasteiger partial charge in [0.25, 0.3) is 5.91 Å². The van der Waals surface area contributed by atoms with Crippen LogP contribution < -0.4 is 0 Å². The Balaban J connectivity index is 2.31. The molecule has 1 atom stereocenters. The van der Waals surface area contributed by atoms with Gasteiger partial charge in [-0.2, -0.15) is 5.26 Å². The van der Waals surface area contributed by atoms with Gasteiger partial charge in [-0.05, 0) is 49.2 Å². The molecular weight excluding hydrogens is 352 g/mol. The molecule has 2 aromatic rings. The van der Waals surface area contributed by atoms with E-state index >= 15 is 0 Å². The molecule has 2 aromatic carbocycles. The first-order valence-corrected chi connectivity index (χ1v) is 8.43. The Kier molecular flexibility index (Phi) is 5.95. The van der Waals surface area contributed by atoms with Crippen LogP contribution in [0.2, 0.25) is 0 Å². The van der Waals surface area contributed by atoms with Crippen LogP contribution in [-0.4, -0.2) is 17.4 Å². The smallest absolute Gasteiger partial charge is 0.254 e. The normalized spacial score (nSPS) is 11.6. The molecule has 0 aromatic heterocycles. The van der Waals surface area contributed by atoms with Gasteiger partial charge < -0.3 is 4.90 Å². The van der Waals surface area contributed by atoms with E-state index in [1.165, 1.54) is 0 Å². The molecule has 3 nitrogen and oxygen atoms in total. The Bertz CT molecular complexity index is 719.